The van der Waals surface area contributed by atoms with Crippen LogP contribution in [0.2, 0.25) is 0 Å². The molecule has 1 atom stereocenters. The molecule has 0 spiro atoms. The van der Waals surface area contributed by atoms with Gasteiger partial charge >= 0.3 is 0 Å². The Morgan fingerprint density at radius 2 is 2.17 bits per heavy atom. The monoisotopic (exact) mass is 348 g/mol. The van der Waals surface area contributed by atoms with Crippen molar-refractivity contribution in [1.29, 1.82) is 0 Å². The summed E-state index contributed by atoms with van der Waals surface area (Å²) in [7, 11) is 2.06. The fourth-order valence-corrected chi connectivity index (χ4v) is 4.43. The van der Waals surface area contributed by atoms with Crippen LogP contribution in [0.1, 0.15) is 41.2 Å². The van der Waals surface area contributed by atoms with Gasteiger partial charge in [-0.25, -0.2) is 9.97 Å². The highest BCUT2D eigenvalue weighted by Gasteiger charge is 2.19. The highest BCUT2D eigenvalue weighted by molar-refractivity contribution is 7.15. The SMILES string of the molecule is CCc1nc(C)c([C@H](C)N(C)Cc2cc(=O)n3ccsc3n2)s1. The minimum Gasteiger partial charge on any atom is -0.293 e. The largest absolute Gasteiger partial charge is 0.293 e. The molecule has 0 aliphatic rings. The van der Waals surface area contributed by atoms with Crippen LogP contribution in [0.15, 0.2) is 22.4 Å². The van der Waals surface area contributed by atoms with E-state index in [1.165, 1.54) is 21.2 Å². The van der Waals surface area contributed by atoms with Crippen molar-refractivity contribution in [3.8, 4) is 0 Å². The Balaban J connectivity index is 1.82. The molecular weight excluding hydrogens is 328 g/mol. The average molecular weight is 348 g/mol. The minimum absolute atomic E-state index is 0.0189. The van der Waals surface area contributed by atoms with E-state index in [4.69, 9.17) is 0 Å². The molecule has 0 saturated heterocycles. The van der Waals surface area contributed by atoms with Gasteiger partial charge in [0.2, 0.25) is 0 Å². The maximum Gasteiger partial charge on any atom is 0.258 e. The lowest BCUT2D eigenvalue weighted by Crippen LogP contribution is -2.24. The Bertz CT molecular complexity index is 880. The number of nitrogens with zero attached hydrogens (tertiary/aromatic N) is 4. The summed E-state index contributed by atoms with van der Waals surface area (Å²) in [6.45, 7) is 7.02. The van der Waals surface area contributed by atoms with Crippen molar-refractivity contribution in [3.05, 3.63) is 49.3 Å². The molecule has 3 rings (SSSR count). The first kappa shape index (κ1) is 16.3. The van der Waals surface area contributed by atoms with E-state index >= 15 is 0 Å². The maximum absolute atomic E-state index is 12.1. The summed E-state index contributed by atoms with van der Waals surface area (Å²) < 4.78 is 1.58. The maximum atomic E-state index is 12.1. The lowest BCUT2D eigenvalue weighted by atomic mass is 10.2. The van der Waals surface area contributed by atoms with Gasteiger partial charge in [-0.05, 0) is 27.3 Å². The van der Waals surface area contributed by atoms with Crippen molar-refractivity contribution in [2.24, 2.45) is 0 Å². The Labute approximate surface area is 143 Å². The molecule has 0 aromatic carbocycles. The average Bonchev–Trinajstić information content (AvgIpc) is 3.12. The highest BCUT2D eigenvalue weighted by Crippen LogP contribution is 2.29. The lowest BCUT2D eigenvalue weighted by Gasteiger charge is -2.23. The summed E-state index contributed by atoms with van der Waals surface area (Å²) in [5.41, 5.74) is 1.90. The van der Waals surface area contributed by atoms with Gasteiger partial charge in [0.1, 0.15) is 0 Å². The topological polar surface area (TPSA) is 50.5 Å². The standard InChI is InChI=1S/C16H20N4OS2/c1-5-13-17-10(2)15(23-13)11(3)19(4)9-12-8-14(21)20-6-7-22-16(20)18-12/h6-8,11H,5,9H2,1-4H3/t11-/m0/s1. The molecule has 0 aliphatic heterocycles. The van der Waals surface area contributed by atoms with Crippen LogP contribution in [0.5, 0.6) is 0 Å². The van der Waals surface area contributed by atoms with Gasteiger partial charge in [0.25, 0.3) is 5.56 Å². The molecule has 3 heterocycles. The van der Waals surface area contributed by atoms with Gasteiger partial charge in [-0.15, -0.1) is 22.7 Å². The van der Waals surface area contributed by atoms with Crippen molar-refractivity contribution >= 4 is 27.6 Å². The van der Waals surface area contributed by atoms with Crippen LogP contribution >= 0.6 is 22.7 Å². The van der Waals surface area contributed by atoms with Gasteiger partial charge in [-0.3, -0.25) is 14.1 Å². The number of aryl methyl sites for hydroxylation is 2. The van der Waals surface area contributed by atoms with Crippen molar-refractivity contribution < 1.29 is 0 Å². The van der Waals surface area contributed by atoms with Gasteiger partial charge in [0.05, 0.1) is 16.4 Å². The van der Waals surface area contributed by atoms with Crippen LogP contribution in [0.3, 0.4) is 0 Å². The Morgan fingerprint density at radius 1 is 1.39 bits per heavy atom. The number of hydrogen-bond donors (Lipinski definition) is 0. The van der Waals surface area contributed by atoms with E-state index in [0.717, 1.165) is 22.8 Å². The zero-order valence-corrected chi connectivity index (χ0v) is 15.4. The first-order chi connectivity index (χ1) is 11.0. The summed E-state index contributed by atoms with van der Waals surface area (Å²) >= 11 is 3.26. The summed E-state index contributed by atoms with van der Waals surface area (Å²) in [5, 5.41) is 3.06. The van der Waals surface area contributed by atoms with E-state index in [1.54, 1.807) is 28.0 Å². The van der Waals surface area contributed by atoms with E-state index in [9.17, 15) is 4.79 Å². The first-order valence-corrected chi connectivity index (χ1v) is 9.31. The van der Waals surface area contributed by atoms with E-state index in [0.29, 0.717) is 6.54 Å². The molecule has 3 aromatic rings. The number of fused-ring (bicyclic) bond motifs is 1. The van der Waals surface area contributed by atoms with Gasteiger partial charge in [0.15, 0.2) is 4.96 Å². The van der Waals surface area contributed by atoms with Gasteiger partial charge in [0, 0.05) is 35.1 Å². The van der Waals surface area contributed by atoms with Gasteiger partial charge in [-0.1, -0.05) is 6.92 Å². The third-order valence-electron chi connectivity index (χ3n) is 3.99. The number of thiazole rings is 2. The zero-order chi connectivity index (χ0) is 16.6. The van der Waals surface area contributed by atoms with Gasteiger partial charge in [-0.2, -0.15) is 0 Å². The molecule has 3 aromatic heterocycles. The summed E-state index contributed by atoms with van der Waals surface area (Å²) in [4.78, 5) is 25.5. The normalized spacial score (nSPS) is 13.1. The highest BCUT2D eigenvalue weighted by atomic mass is 32.1. The third-order valence-corrected chi connectivity index (χ3v) is 6.22. The van der Waals surface area contributed by atoms with E-state index in [2.05, 4.69) is 42.7 Å². The van der Waals surface area contributed by atoms with E-state index in [-0.39, 0.29) is 11.6 Å². The molecular formula is C16H20N4OS2. The summed E-state index contributed by atoms with van der Waals surface area (Å²) in [6, 6.07) is 1.87. The quantitative estimate of drug-likeness (QED) is 0.710. The molecule has 0 N–H and O–H groups in total. The van der Waals surface area contributed by atoms with Gasteiger partial charge < -0.3 is 0 Å². The molecule has 0 saturated carbocycles. The number of aromatic nitrogens is 3. The Morgan fingerprint density at radius 3 is 2.87 bits per heavy atom. The molecule has 0 aliphatic carbocycles. The van der Waals surface area contributed by atoms with Crippen LogP contribution in [0.4, 0.5) is 0 Å². The van der Waals surface area contributed by atoms with Crippen LogP contribution in [-0.4, -0.2) is 26.3 Å². The molecule has 0 radical (unpaired) electrons. The molecule has 23 heavy (non-hydrogen) atoms. The minimum atomic E-state index is -0.0189. The molecule has 122 valence electrons. The summed E-state index contributed by atoms with van der Waals surface area (Å²) in [6.07, 6.45) is 2.73. The zero-order valence-electron chi connectivity index (χ0n) is 13.7. The van der Waals surface area contributed by atoms with E-state index in [1.807, 2.05) is 5.38 Å². The van der Waals surface area contributed by atoms with Crippen molar-refractivity contribution in [2.45, 2.75) is 39.8 Å². The lowest BCUT2D eigenvalue weighted by molar-refractivity contribution is 0.252. The second-order valence-corrected chi connectivity index (χ2v) is 7.63. The van der Waals surface area contributed by atoms with Crippen molar-refractivity contribution in [1.82, 2.24) is 19.3 Å². The van der Waals surface area contributed by atoms with Crippen LogP contribution in [-0.2, 0) is 13.0 Å². The molecule has 7 heteroatoms. The molecule has 5 nitrogen and oxygen atoms in total. The Kier molecular flexibility index (Phi) is 4.61. The van der Waals surface area contributed by atoms with Crippen LogP contribution in [0, 0.1) is 6.92 Å². The van der Waals surface area contributed by atoms with E-state index < -0.39 is 0 Å². The van der Waals surface area contributed by atoms with Crippen LogP contribution < -0.4 is 5.56 Å². The van der Waals surface area contributed by atoms with Crippen molar-refractivity contribution in [2.75, 3.05) is 7.05 Å². The predicted octanol–water partition coefficient (Wildman–Crippen LogP) is 3.28. The number of hydrogen-bond acceptors (Lipinski definition) is 6. The smallest absolute Gasteiger partial charge is 0.258 e. The third kappa shape index (κ3) is 3.22. The first-order valence-electron chi connectivity index (χ1n) is 7.61. The molecule has 0 unspecified atom stereocenters. The molecule has 0 fully saturated rings. The molecule has 0 bridgehead atoms. The second kappa shape index (κ2) is 6.51. The number of rotatable bonds is 5. The van der Waals surface area contributed by atoms with Crippen molar-refractivity contribution in [3.63, 3.8) is 0 Å². The second-order valence-electron chi connectivity index (χ2n) is 5.64. The molecule has 0 amide bonds. The fraction of sp³-hybridized carbons (Fsp3) is 0.438. The fourth-order valence-electron chi connectivity index (χ4n) is 2.57. The Hall–Kier alpha value is -1.57. The summed E-state index contributed by atoms with van der Waals surface area (Å²) in [5.74, 6) is 0. The van der Waals surface area contributed by atoms with Crippen LogP contribution in [0.25, 0.3) is 4.96 Å². The predicted molar refractivity (Wildman–Crippen MR) is 95.5 cm³/mol.